The normalized spacial score (nSPS) is 14.8. The maximum absolute atomic E-state index is 6.92. The van der Waals surface area contributed by atoms with Crippen molar-refractivity contribution < 1.29 is 13.3 Å². The average molecular weight is 535 g/mol. The number of rotatable bonds is 27. The van der Waals surface area contributed by atoms with E-state index in [0.717, 1.165) is 18.9 Å². The Hall–Kier alpha value is 0.387. The van der Waals surface area contributed by atoms with Gasteiger partial charge in [-0.1, -0.05) is 129 Å². The van der Waals surface area contributed by atoms with Crippen LogP contribution in [0.5, 0.6) is 0 Å². The fraction of sp³-hybridized carbons (Fsp3) is 1.00. The molecule has 0 aromatic heterocycles. The van der Waals surface area contributed by atoms with E-state index in [4.69, 9.17) is 24.9 Å². The van der Waals surface area contributed by atoms with Gasteiger partial charge in [-0.3, -0.25) is 0 Å². The van der Waals surface area contributed by atoms with E-state index < -0.39 is 8.80 Å². The first-order valence-corrected chi connectivity index (χ1v) is 17.5. The summed E-state index contributed by atoms with van der Waals surface area (Å²) in [7, 11) is 2.57. The van der Waals surface area contributed by atoms with Crippen molar-refractivity contribution in [2.24, 2.45) is 5.92 Å². The summed E-state index contributed by atoms with van der Waals surface area (Å²) in [5.41, 5.74) is 0. The van der Waals surface area contributed by atoms with E-state index >= 15 is 0 Å². The predicted molar refractivity (Wildman–Crippen MR) is 158 cm³/mol. The van der Waals surface area contributed by atoms with Crippen LogP contribution in [0, 0.1) is 5.92 Å². The van der Waals surface area contributed by atoms with Gasteiger partial charge in [0.2, 0.25) is 0 Å². The molecule has 0 aliphatic heterocycles. The smallest absolute Gasteiger partial charge is 0.377 e. The molecule has 0 aliphatic carbocycles. The number of hydrogen-bond donors (Lipinski definition) is 0. The molecule has 3 nitrogen and oxygen atoms in total. The lowest BCUT2D eigenvalue weighted by Crippen LogP contribution is -2.43. The summed E-state index contributed by atoms with van der Waals surface area (Å²) >= 11 is 6.92. The lowest BCUT2D eigenvalue weighted by Gasteiger charge is -2.31. The molecule has 212 valence electrons. The highest BCUT2D eigenvalue weighted by Crippen LogP contribution is 2.35. The Morgan fingerprint density at radius 3 is 1.29 bits per heavy atom. The van der Waals surface area contributed by atoms with Crippen molar-refractivity contribution in [3.05, 3.63) is 0 Å². The van der Waals surface area contributed by atoms with Crippen molar-refractivity contribution in [3.63, 3.8) is 0 Å². The van der Waals surface area contributed by atoms with Crippen LogP contribution in [0.3, 0.4) is 0 Å². The molecular formula is C30H63ClO3Si. The second-order valence-electron chi connectivity index (χ2n) is 11.1. The fourth-order valence-corrected chi connectivity index (χ4v) is 7.07. The summed E-state index contributed by atoms with van der Waals surface area (Å²) < 4.78 is 16.6. The first-order valence-electron chi connectivity index (χ1n) is 15.2. The third-order valence-electron chi connectivity index (χ3n) is 8.10. The second kappa shape index (κ2) is 23.5. The number of unbranched alkanes of at least 4 members (excludes halogenated alkanes) is 17. The van der Waals surface area contributed by atoms with E-state index in [1.165, 1.54) is 122 Å². The van der Waals surface area contributed by atoms with Gasteiger partial charge in [-0.05, 0) is 32.1 Å². The molecule has 0 spiro atoms. The van der Waals surface area contributed by atoms with Gasteiger partial charge < -0.3 is 13.3 Å². The zero-order valence-electron chi connectivity index (χ0n) is 24.7. The van der Waals surface area contributed by atoms with E-state index in [1.807, 2.05) is 0 Å². The third-order valence-corrected chi connectivity index (χ3v) is 11.5. The predicted octanol–water partition coefficient (Wildman–Crippen LogP) is 10.7. The topological polar surface area (TPSA) is 27.7 Å². The molecule has 0 amide bonds. The molecule has 35 heavy (non-hydrogen) atoms. The van der Waals surface area contributed by atoms with Crippen LogP contribution in [0.1, 0.15) is 156 Å². The van der Waals surface area contributed by atoms with Crippen LogP contribution >= 0.6 is 11.6 Å². The van der Waals surface area contributed by atoms with Gasteiger partial charge in [0.15, 0.2) is 0 Å². The fourth-order valence-electron chi connectivity index (χ4n) is 5.11. The number of alkyl halides is 1. The van der Waals surface area contributed by atoms with Gasteiger partial charge in [0.25, 0.3) is 0 Å². The largest absolute Gasteiger partial charge is 0.500 e. The van der Waals surface area contributed by atoms with Gasteiger partial charge in [0, 0.05) is 32.2 Å². The molecule has 0 aromatic carbocycles. The molecule has 2 atom stereocenters. The van der Waals surface area contributed by atoms with E-state index in [2.05, 4.69) is 20.8 Å². The second-order valence-corrected chi connectivity index (χ2v) is 15.1. The minimum absolute atomic E-state index is 0.163. The summed E-state index contributed by atoms with van der Waals surface area (Å²) in [6, 6.07) is 0.824. The summed E-state index contributed by atoms with van der Waals surface area (Å²) in [5.74, 6) is 0.522. The highest BCUT2D eigenvalue weighted by Gasteiger charge is 2.38. The Balaban J connectivity index is 3.55. The van der Waals surface area contributed by atoms with E-state index in [0.29, 0.717) is 5.92 Å². The Kier molecular flexibility index (Phi) is 23.8. The molecule has 0 fully saturated rings. The minimum Gasteiger partial charge on any atom is -0.377 e. The van der Waals surface area contributed by atoms with E-state index in [-0.39, 0.29) is 4.87 Å². The van der Waals surface area contributed by atoms with Gasteiger partial charge in [-0.25, -0.2) is 0 Å². The van der Waals surface area contributed by atoms with Gasteiger partial charge in [0.05, 0.1) is 0 Å². The van der Waals surface area contributed by atoms with Crippen molar-refractivity contribution in [1.29, 1.82) is 0 Å². The molecule has 0 heterocycles. The van der Waals surface area contributed by atoms with E-state index in [9.17, 15) is 0 Å². The zero-order chi connectivity index (χ0) is 26.3. The minimum atomic E-state index is -2.48. The molecule has 0 rings (SSSR count). The van der Waals surface area contributed by atoms with Crippen LogP contribution in [0.4, 0.5) is 0 Å². The van der Waals surface area contributed by atoms with Crippen LogP contribution in [-0.4, -0.2) is 35.0 Å². The number of halogens is 1. The summed E-state index contributed by atoms with van der Waals surface area (Å²) in [6.45, 7) is 6.81. The SMILES string of the molecule is CCCCCCCCCCCCCCCCCCCCC(C)C(C)(Cl)CCC[Si](OC)(OC)OC. The van der Waals surface area contributed by atoms with Crippen LogP contribution in [0.2, 0.25) is 6.04 Å². The lowest BCUT2D eigenvalue weighted by molar-refractivity contribution is 0.122. The highest BCUT2D eigenvalue weighted by molar-refractivity contribution is 6.60. The van der Waals surface area contributed by atoms with Gasteiger partial charge >= 0.3 is 8.80 Å². The van der Waals surface area contributed by atoms with Crippen LogP contribution in [0.25, 0.3) is 0 Å². The Morgan fingerprint density at radius 1 is 0.600 bits per heavy atom. The number of hydrogen-bond acceptors (Lipinski definition) is 3. The highest BCUT2D eigenvalue weighted by atomic mass is 35.5. The Labute approximate surface area is 227 Å². The van der Waals surface area contributed by atoms with Crippen molar-refractivity contribution in [2.45, 2.75) is 167 Å². The molecular weight excluding hydrogens is 472 g/mol. The summed E-state index contributed by atoms with van der Waals surface area (Å²) in [4.78, 5) is -0.163. The van der Waals surface area contributed by atoms with Crippen molar-refractivity contribution in [1.82, 2.24) is 0 Å². The molecule has 0 saturated heterocycles. The summed E-state index contributed by atoms with van der Waals surface area (Å²) in [5, 5.41) is 0. The molecule has 0 aliphatic rings. The lowest BCUT2D eigenvalue weighted by atomic mass is 9.86. The van der Waals surface area contributed by atoms with Crippen molar-refractivity contribution in [2.75, 3.05) is 21.3 Å². The quantitative estimate of drug-likeness (QED) is 0.0595. The van der Waals surface area contributed by atoms with Gasteiger partial charge in [-0.15, -0.1) is 11.6 Å². The van der Waals surface area contributed by atoms with Crippen molar-refractivity contribution in [3.8, 4) is 0 Å². The molecule has 0 N–H and O–H groups in total. The van der Waals surface area contributed by atoms with Crippen LogP contribution in [0.15, 0.2) is 0 Å². The first-order chi connectivity index (χ1) is 16.9. The molecule has 0 bridgehead atoms. The molecule has 0 radical (unpaired) electrons. The molecule has 0 saturated carbocycles. The van der Waals surface area contributed by atoms with E-state index in [1.54, 1.807) is 21.3 Å². The average Bonchev–Trinajstić information content (AvgIpc) is 2.86. The maximum atomic E-state index is 6.92. The standard InChI is InChI=1S/C30H63ClO3Si/c1-7-8-9-10-11-12-13-14-15-16-17-18-19-20-21-22-23-24-26-29(2)30(3,31)27-25-28-35(32-4,33-5)34-6/h29H,7-28H2,1-6H3. The Bertz CT molecular complexity index is 435. The van der Waals surface area contributed by atoms with Crippen LogP contribution in [-0.2, 0) is 13.3 Å². The van der Waals surface area contributed by atoms with Crippen molar-refractivity contribution >= 4 is 20.4 Å². The summed E-state index contributed by atoms with van der Waals surface area (Å²) in [6.07, 6.45) is 28.8. The van der Waals surface area contributed by atoms with Crippen LogP contribution < -0.4 is 0 Å². The van der Waals surface area contributed by atoms with Gasteiger partial charge in [0.1, 0.15) is 0 Å². The maximum Gasteiger partial charge on any atom is 0.500 e. The Morgan fingerprint density at radius 2 is 0.943 bits per heavy atom. The molecule has 2 unspecified atom stereocenters. The third kappa shape index (κ3) is 19.2. The molecule has 5 heteroatoms. The monoisotopic (exact) mass is 534 g/mol. The molecule has 0 aromatic rings. The zero-order valence-corrected chi connectivity index (χ0v) is 26.5. The van der Waals surface area contributed by atoms with Gasteiger partial charge in [-0.2, -0.15) is 0 Å². The first kappa shape index (κ1) is 35.4.